The average molecular weight is 253 g/mol. The molecular formula is C16H15NO2. The van der Waals surface area contributed by atoms with Crippen molar-refractivity contribution in [2.45, 2.75) is 6.23 Å². The number of hydrogen-bond acceptors (Lipinski definition) is 3. The molecule has 1 unspecified atom stereocenters. The third-order valence-corrected chi connectivity index (χ3v) is 3.27. The molecule has 0 fully saturated rings. The summed E-state index contributed by atoms with van der Waals surface area (Å²) in [5, 5.41) is 13.2. The summed E-state index contributed by atoms with van der Waals surface area (Å²) in [6.45, 7) is 0. The maximum atomic E-state index is 10.1. The number of para-hydroxylation sites is 2. The number of aliphatic hydroxyl groups is 1. The van der Waals surface area contributed by atoms with E-state index in [1.165, 1.54) is 0 Å². The highest BCUT2D eigenvalue weighted by molar-refractivity contribution is 5.94. The number of fused-ring (bicyclic) bond motifs is 1. The minimum Gasteiger partial charge on any atom is -0.496 e. The van der Waals surface area contributed by atoms with Crippen molar-refractivity contribution in [2.75, 3.05) is 12.4 Å². The van der Waals surface area contributed by atoms with E-state index in [-0.39, 0.29) is 0 Å². The van der Waals surface area contributed by atoms with Gasteiger partial charge >= 0.3 is 0 Å². The molecule has 2 aromatic carbocycles. The summed E-state index contributed by atoms with van der Waals surface area (Å²) in [5.74, 6) is 0.798. The Labute approximate surface area is 112 Å². The van der Waals surface area contributed by atoms with Crippen LogP contribution in [0.5, 0.6) is 5.75 Å². The zero-order valence-electron chi connectivity index (χ0n) is 10.6. The topological polar surface area (TPSA) is 41.5 Å². The Morgan fingerprint density at radius 3 is 2.68 bits per heavy atom. The van der Waals surface area contributed by atoms with E-state index in [0.717, 1.165) is 28.1 Å². The molecule has 3 nitrogen and oxygen atoms in total. The van der Waals surface area contributed by atoms with Gasteiger partial charge in [0.1, 0.15) is 5.75 Å². The predicted octanol–water partition coefficient (Wildman–Crippen LogP) is 2.98. The fourth-order valence-corrected chi connectivity index (χ4v) is 2.34. The number of anilines is 1. The third-order valence-electron chi connectivity index (χ3n) is 3.27. The first kappa shape index (κ1) is 11.8. The Morgan fingerprint density at radius 1 is 1.11 bits per heavy atom. The summed E-state index contributed by atoms with van der Waals surface area (Å²) in [7, 11) is 1.65. The van der Waals surface area contributed by atoms with Crippen molar-refractivity contribution in [2.24, 2.45) is 0 Å². The smallest absolute Gasteiger partial charge is 0.151 e. The number of ether oxygens (including phenoxy) is 1. The molecule has 0 aliphatic carbocycles. The molecule has 0 aromatic heterocycles. The van der Waals surface area contributed by atoms with Gasteiger partial charge in [-0.15, -0.1) is 0 Å². The number of hydrogen-bond donors (Lipinski definition) is 2. The number of benzene rings is 2. The first-order valence-electron chi connectivity index (χ1n) is 6.18. The summed E-state index contributed by atoms with van der Waals surface area (Å²) in [6.07, 6.45) is 1.28. The van der Waals surface area contributed by atoms with Crippen molar-refractivity contribution in [1.29, 1.82) is 0 Å². The molecule has 19 heavy (non-hydrogen) atoms. The van der Waals surface area contributed by atoms with Gasteiger partial charge in [0.25, 0.3) is 0 Å². The highest BCUT2D eigenvalue weighted by Crippen LogP contribution is 2.36. The van der Waals surface area contributed by atoms with Crippen molar-refractivity contribution in [3.8, 4) is 5.75 Å². The minimum atomic E-state index is -0.678. The number of rotatable bonds is 2. The van der Waals surface area contributed by atoms with Crippen LogP contribution < -0.4 is 10.1 Å². The lowest BCUT2D eigenvalue weighted by atomic mass is 10.0. The van der Waals surface area contributed by atoms with Gasteiger partial charge in [-0.2, -0.15) is 0 Å². The molecule has 1 aliphatic heterocycles. The molecule has 0 radical (unpaired) electrons. The lowest BCUT2D eigenvalue weighted by Gasteiger charge is -2.08. The molecule has 3 heteroatoms. The van der Waals surface area contributed by atoms with Crippen molar-refractivity contribution in [1.82, 2.24) is 0 Å². The zero-order valence-corrected chi connectivity index (χ0v) is 10.6. The highest BCUT2D eigenvalue weighted by atomic mass is 16.5. The van der Waals surface area contributed by atoms with E-state index < -0.39 is 6.23 Å². The fourth-order valence-electron chi connectivity index (χ4n) is 2.34. The molecule has 1 heterocycles. The molecule has 0 amide bonds. The maximum absolute atomic E-state index is 10.1. The largest absolute Gasteiger partial charge is 0.496 e. The second-order valence-corrected chi connectivity index (χ2v) is 4.43. The van der Waals surface area contributed by atoms with E-state index in [1.807, 2.05) is 54.6 Å². The van der Waals surface area contributed by atoms with E-state index >= 15 is 0 Å². The van der Waals surface area contributed by atoms with E-state index in [1.54, 1.807) is 7.11 Å². The number of nitrogens with one attached hydrogen (secondary N) is 1. The fraction of sp³-hybridized carbons (Fsp3) is 0.125. The normalized spacial score (nSPS) is 19.1. The molecule has 1 atom stereocenters. The summed E-state index contributed by atoms with van der Waals surface area (Å²) < 4.78 is 5.33. The molecule has 96 valence electrons. The maximum Gasteiger partial charge on any atom is 0.151 e. The molecular weight excluding hydrogens is 238 g/mol. The summed E-state index contributed by atoms with van der Waals surface area (Å²) in [4.78, 5) is 0. The first-order chi connectivity index (χ1) is 9.29. The van der Waals surface area contributed by atoms with Gasteiger partial charge < -0.3 is 15.2 Å². The van der Waals surface area contributed by atoms with E-state index in [2.05, 4.69) is 5.32 Å². The highest BCUT2D eigenvalue weighted by Gasteiger charge is 2.23. The second kappa shape index (κ2) is 4.78. The lowest BCUT2D eigenvalue weighted by Crippen LogP contribution is -2.12. The number of aliphatic hydroxyl groups excluding tert-OH is 1. The summed E-state index contributed by atoms with van der Waals surface area (Å²) in [5.41, 5.74) is 3.80. The van der Waals surface area contributed by atoms with Gasteiger partial charge in [-0.3, -0.25) is 0 Å². The van der Waals surface area contributed by atoms with Gasteiger partial charge in [0.2, 0.25) is 0 Å². The molecule has 0 saturated carbocycles. The van der Waals surface area contributed by atoms with Gasteiger partial charge in [-0.25, -0.2) is 0 Å². The lowest BCUT2D eigenvalue weighted by molar-refractivity contribution is 0.266. The van der Waals surface area contributed by atoms with Crippen LogP contribution in [0.4, 0.5) is 5.69 Å². The monoisotopic (exact) mass is 253 g/mol. The predicted molar refractivity (Wildman–Crippen MR) is 76.9 cm³/mol. The second-order valence-electron chi connectivity index (χ2n) is 4.43. The van der Waals surface area contributed by atoms with E-state index in [0.29, 0.717) is 0 Å². The van der Waals surface area contributed by atoms with Crippen LogP contribution in [0.15, 0.2) is 48.5 Å². The molecule has 2 aromatic rings. The molecule has 0 spiro atoms. The van der Waals surface area contributed by atoms with Gasteiger partial charge in [0, 0.05) is 22.4 Å². The summed E-state index contributed by atoms with van der Waals surface area (Å²) >= 11 is 0. The Balaban J connectivity index is 2.09. The zero-order chi connectivity index (χ0) is 13.2. The minimum absolute atomic E-state index is 0.678. The van der Waals surface area contributed by atoms with Crippen LogP contribution in [0.3, 0.4) is 0 Å². The molecule has 0 saturated heterocycles. The Kier molecular flexibility index (Phi) is 2.97. The SMILES string of the molecule is COc1ccccc1/C=C1/c2ccccc2NC1O. The van der Waals surface area contributed by atoms with Crippen molar-refractivity contribution >= 4 is 17.3 Å². The Hall–Kier alpha value is -2.26. The third kappa shape index (κ3) is 2.09. The molecule has 3 rings (SSSR count). The van der Waals surface area contributed by atoms with Gasteiger partial charge in [-0.1, -0.05) is 36.4 Å². The van der Waals surface area contributed by atoms with Crippen LogP contribution in [0.25, 0.3) is 11.6 Å². The Bertz CT molecular complexity index is 634. The summed E-state index contributed by atoms with van der Waals surface area (Å²) in [6, 6.07) is 15.6. The first-order valence-corrected chi connectivity index (χ1v) is 6.18. The van der Waals surface area contributed by atoms with Gasteiger partial charge in [-0.05, 0) is 18.2 Å². The van der Waals surface area contributed by atoms with Crippen molar-refractivity contribution < 1.29 is 9.84 Å². The van der Waals surface area contributed by atoms with Crippen LogP contribution in [-0.2, 0) is 0 Å². The molecule has 0 bridgehead atoms. The van der Waals surface area contributed by atoms with Crippen LogP contribution >= 0.6 is 0 Å². The average Bonchev–Trinajstić information content (AvgIpc) is 2.76. The molecule has 2 N–H and O–H groups in total. The van der Waals surface area contributed by atoms with Crippen LogP contribution in [-0.4, -0.2) is 18.4 Å². The van der Waals surface area contributed by atoms with Crippen LogP contribution in [0.2, 0.25) is 0 Å². The van der Waals surface area contributed by atoms with E-state index in [4.69, 9.17) is 4.74 Å². The van der Waals surface area contributed by atoms with Crippen molar-refractivity contribution in [3.63, 3.8) is 0 Å². The quantitative estimate of drug-likeness (QED) is 0.864. The molecule has 1 aliphatic rings. The van der Waals surface area contributed by atoms with E-state index in [9.17, 15) is 5.11 Å². The Morgan fingerprint density at radius 2 is 1.84 bits per heavy atom. The number of methoxy groups -OCH3 is 1. The van der Waals surface area contributed by atoms with Crippen LogP contribution in [0.1, 0.15) is 11.1 Å². The van der Waals surface area contributed by atoms with Crippen molar-refractivity contribution in [3.05, 3.63) is 59.7 Å². The standard InChI is InChI=1S/C16H15NO2/c1-19-15-9-5-2-6-11(15)10-13-12-7-3-4-8-14(12)17-16(13)18/h2-10,16-18H,1H3/b13-10-. The van der Waals surface area contributed by atoms with Crippen LogP contribution in [0, 0.1) is 0 Å². The van der Waals surface area contributed by atoms with Gasteiger partial charge in [0.05, 0.1) is 7.11 Å². The van der Waals surface area contributed by atoms with Gasteiger partial charge in [0.15, 0.2) is 6.23 Å².